The molecular formula is C32H41IN2O9. The Labute approximate surface area is 271 Å². The van der Waals surface area contributed by atoms with Crippen molar-refractivity contribution < 1.29 is 43.9 Å². The van der Waals surface area contributed by atoms with Gasteiger partial charge >= 0.3 is 0 Å². The monoisotopic (exact) mass is 724 g/mol. The molecule has 3 atom stereocenters. The average Bonchev–Trinajstić information content (AvgIpc) is 3.00. The number of aliphatic hydroxyl groups is 3. The topological polar surface area (TPSA) is 147 Å². The Bertz CT molecular complexity index is 1350. The SMILES string of the molecule is COc1ccc(OC)c(CCN(C(=O)C2CCC2)C2CC(C(=O)NCCO)=CC(Oc3c(I)cc(CO)cc3OC)C2O)c1. The lowest BCUT2D eigenvalue weighted by atomic mass is 9.82. The van der Waals surface area contributed by atoms with Gasteiger partial charge < -0.3 is 44.5 Å². The molecule has 2 aliphatic carbocycles. The zero-order valence-electron chi connectivity index (χ0n) is 25.3. The normalized spacial score (nSPS) is 19.8. The fourth-order valence-corrected chi connectivity index (χ4v) is 6.33. The summed E-state index contributed by atoms with van der Waals surface area (Å²) in [5.74, 6) is 1.39. The van der Waals surface area contributed by atoms with E-state index in [-0.39, 0.29) is 44.5 Å². The number of nitrogens with zero attached hydrogens (tertiary/aromatic N) is 1. The fraction of sp³-hybridized carbons (Fsp3) is 0.500. The Kier molecular flexibility index (Phi) is 12.1. The van der Waals surface area contributed by atoms with Crippen LogP contribution in [0, 0.1) is 9.49 Å². The smallest absolute Gasteiger partial charge is 0.247 e. The van der Waals surface area contributed by atoms with Crippen molar-refractivity contribution in [1.82, 2.24) is 10.2 Å². The number of aliphatic hydroxyl groups excluding tert-OH is 3. The molecular weight excluding hydrogens is 683 g/mol. The maximum absolute atomic E-state index is 13.9. The molecule has 0 spiro atoms. The number of ether oxygens (including phenoxy) is 4. The molecule has 2 aliphatic rings. The van der Waals surface area contributed by atoms with Gasteiger partial charge in [-0.15, -0.1) is 0 Å². The summed E-state index contributed by atoms with van der Waals surface area (Å²) >= 11 is 2.07. The van der Waals surface area contributed by atoms with E-state index in [1.165, 1.54) is 7.11 Å². The summed E-state index contributed by atoms with van der Waals surface area (Å²) in [6, 6.07) is 8.11. The summed E-state index contributed by atoms with van der Waals surface area (Å²) in [5, 5.41) is 33.5. The summed E-state index contributed by atoms with van der Waals surface area (Å²) < 4.78 is 23.5. The first-order valence-electron chi connectivity index (χ1n) is 14.7. The molecule has 2 aromatic rings. The quantitative estimate of drug-likeness (QED) is 0.216. The molecule has 1 saturated carbocycles. The van der Waals surface area contributed by atoms with Crippen LogP contribution in [-0.4, -0.2) is 91.3 Å². The molecule has 0 bridgehead atoms. The Hall–Kier alpha value is -3.07. The van der Waals surface area contributed by atoms with Crippen LogP contribution in [0.1, 0.15) is 36.8 Å². The molecule has 44 heavy (non-hydrogen) atoms. The molecule has 12 heteroatoms. The van der Waals surface area contributed by atoms with Gasteiger partial charge in [0.05, 0.1) is 44.2 Å². The van der Waals surface area contributed by atoms with Crippen LogP contribution in [0.5, 0.6) is 23.0 Å². The van der Waals surface area contributed by atoms with E-state index >= 15 is 0 Å². The van der Waals surface area contributed by atoms with Gasteiger partial charge in [0.2, 0.25) is 11.8 Å². The van der Waals surface area contributed by atoms with Crippen molar-refractivity contribution >= 4 is 34.4 Å². The lowest BCUT2D eigenvalue weighted by Gasteiger charge is -2.43. The molecule has 2 aromatic carbocycles. The van der Waals surface area contributed by atoms with Crippen LogP contribution in [0.4, 0.5) is 0 Å². The number of rotatable bonds is 14. The van der Waals surface area contributed by atoms with Gasteiger partial charge in [-0.3, -0.25) is 9.59 Å². The van der Waals surface area contributed by atoms with Crippen LogP contribution in [0.25, 0.3) is 0 Å². The highest BCUT2D eigenvalue weighted by atomic mass is 127. The average molecular weight is 725 g/mol. The minimum absolute atomic E-state index is 0.0591. The van der Waals surface area contributed by atoms with Crippen LogP contribution >= 0.6 is 22.6 Å². The third-order valence-corrected chi connectivity index (χ3v) is 8.99. The lowest BCUT2D eigenvalue weighted by molar-refractivity contribution is -0.145. The maximum atomic E-state index is 13.9. The second kappa shape index (κ2) is 15.8. The standard InChI is InChI=1S/C32H41IN2O9/c1-41-23-7-8-26(42-2)21(15-23)9-11-35(32(40)20-5-4-6-20)25-16-22(31(39)34-10-12-36)17-27(29(25)38)44-30-24(33)13-19(18-37)14-28(30)43-3/h7-8,13-15,17,20,25,27,29,36-38H,4-6,9-12,16,18H2,1-3H3,(H,34,39). The van der Waals surface area contributed by atoms with E-state index in [0.29, 0.717) is 44.1 Å². The van der Waals surface area contributed by atoms with Crippen LogP contribution in [0.15, 0.2) is 42.0 Å². The molecule has 4 N–H and O–H groups in total. The Morgan fingerprint density at radius 2 is 1.80 bits per heavy atom. The van der Waals surface area contributed by atoms with Crippen LogP contribution in [-0.2, 0) is 22.6 Å². The minimum Gasteiger partial charge on any atom is -0.497 e. The summed E-state index contributed by atoms with van der Waals surface area (Å²) in [4.78, 5) is 28.8. The van der Waals surface area contributed by atoms with Gasteiger partial charge in [-0.25, -0.2) is 0 Å². The van der Waals surface area contributed by atoms with E-state index in [1.807, 2.05) is 12.1 Å². The molecule has 240 valence electrons. The highest BCUT2D eigenvalue weighted by Crippen LogP contribution is 2.38. The van der Waals surface area contributed by atoms with E-state index in [0.717, 1.165) is 24.8 Å². The number of benzene rings is 2. The first-order valence-corrected chi connectivity index (χ1v) is 15.8. The van der Waals surface area contributed by atoms with Crippen LogP contribution < -0.4 is 24.3 Å². The van der Waals surface area contributed by atoms with Gasteiger partial charge in [0, 0.05) is 31.0 Å². The zero-order chi connectivity index (χ0) is 31.8. The molecule has 0 aliphatic heterocycles. The molecule has 1 fully saturated rings. The number of carbonyl (C=O) groups excluding carboxylic acids is 2. The number of methoxy groups -OCH3 is 3. The molecule has 3 unspecified atom stereocenters. The van der Waals surface area contributed by atoms with Crippen LogP contribution in [0.3, 0.4) is 0 Å². The zero-order valence-corrected chi connectivity index (χ0v) is 27.4. The van der Waals surface area contributed by atoms with E-state index in [4.69, 9.17) is 18.9 Å². The van der Waals surface area contributed by atoms with E-state index in [1.54, 1.807) is 43.4 Å². The van der Waals surface area contributed by atoms with Crippen molar-refractivity contribution in [2.45, 2.75) is 57.0 Å². The third kappa shape index (κ3) is 7.76. The second-order valence-electron chi connectivity index (χ2n) is 10.9. The van der Waals surface area contributed by atoms with Crippen molar-refractivity contribution in [3.8, 4) is 23.0 Å². The molecule has 4 rings (SSSR count). The molecule has 2 amide bonds. The fourth-order valence-electron chi connectivity index (χ4n) is 5.54. The molecule has 0 heterocycles. The van der Waals surface area contributed by atoms with Crippen molar-refractivity contribution in [3.05, 3.63) is 56.7 Å². The van der Waals surface area contributed by atoms with Gasteiger partial charge in [0.1, 0.15) is 23.7 Å². The number of hydrogen-bond acceptors (Lipinski definition) is 9. The largest absolute Gasteiger partial charge is 0.497 e. The summed E-state index contributed by atoms with van der Waals surface area (Å²) in [6.45, 7) is -0.0903. The van der Waals surface area contributed by atoms with Gasteiger partial charge in [0.25, 0.3) is 0 Å². The predicted octanol–water partition coefficient (Wildman–Crippen LogP) is 2.60. The van der Waals surface area contributed by atoms with Crippen molar-refractivity contribution in [2.24, 2.45) is 5.92 Å². The van der Waals surface area contributed by atoms with Gasteiger partial charge in [-0.1, -0.05) is 6.42 Å². The molecule has 11 nitrogen and oxygen atoms in total. The van der Waals surface area contributed by atoms with E-state index < -0.39 is 24.2 Å². The molecule has 0 saturated heterocycles. The predicted molar refractivity (Wildman–Crippen MR) is 171 cm³/mol. The number of carbonyl (C=O) groups is 2. The summed E-state index contributed by atoms with van der Waals surface area (Å²) in [7, 11) is 4.65. The Morgan fingerprint density at radius 1 is 1.05 bits per heavy atom. The van der Waals surface area contributed by atoms with Crippen molar-refractivity contribution in [3.63, 3.8) is 0 Å². The van der Waals surface area contributed by atoms with Gasteiger partial charge in [-0.2, -0.15) is 0 Å². The number of amides is 2. The lowest BCUT2D eigenvalue weighted by Crippen LogP contribution is -2.57. The number of nitrogens with one attached hydrogen (secondary N) is 1. The third-order valence-electron chi connectivity index (χ3n) is 8.19. The highest BCUT2D eigenvalue weighted by molar-refractivity contribution is 14.1. The first-order chi connectivity index (χ1) is 21.2. The van der Waals surface area contributed by atoms with Crippen LogP contribution in [0.2, 0.25) is 0 Å². The number of halogens is 1. The minimum atomic E-state index is -1.18. The first kappa shape index (κ1) is 33.8. The van der Waals surface area contributed by atoms with Crippen molar-refractivity contribution in [2.75, 3.05) is 41.0 Å². The second-order valence-corrected chi connectivity index (χ2v) is 12.0. The highest BCUT2D eigenvalue weighted by Gasteiger charge is 2.43. The Balaban J connectivity index is 1.70. The van der Waals surface area contributed by atoms with Gasteiger partial charge in [-0.05, 0) is 89.4 Å². The van der Waals surface area contributed by atoms with Gasteiger partial charge in [0.15, 0.2) is 11.5 Å². The Morgan fingerprint density at radius 3 is 2.41 bits per heavy atom. The summed E-state index contributed by atoms with van der Waals surface area (Å²) in [5.41, 5.74) is 1.81. The molecule has 0 radical (unpaired) electrons. The van der Waals surface area contributed by atoms with Crippen molar-refractivity contribution in [1.29, 1.82) is 0 Å². The molecule has 0 aromatic heterocycles. The number of hydrogen-bond donors (Lipinski definition) is 4. The maximum Gasteiger partial charge on any atom is 0.247 e. The summed E-state index contributed by atoms with van der Waals surface area (Å²) in [6.07, 6.45) is 2.42. The van der Waals surface area contributed by atoms with E-state index in [2.05, 4.69) is 27.9 Å². The van der Waals surface area contributed by atoms with E-state index in [9.17, 15) is 24.9 Å².